The van der Waals surface area contributed by atoms with Crippen LogP contribution in [0.15, 0.2) is 18.5 Å². The first-order valence-electron chi connectivity index (χ1n) is 7.31. The Kier molecular flexibility index (Phi) is 4.82. The molecule has 0 aliphatic carbocycles. The van der Waals surface area contributed by atoms with Crippen molar-refractivity contribution in [3.8, 4) is 0 Å². The summed E-state index contributed by atoms with van der Waals surface area (Å²) in [6.07, 6.45) is 5.47. The normalized spacial score (nSPS) is 21.5. The molecule has 1 unspecified atom stereocenters. The average Bonchev–Trinajstić information content (AvgIpc) is 3.13. The first kappa shape index (κ1) is 15.3. The molecule has 1 aliphatic heterocycles. The smallest absolute Gasteiger partial charge is 0.317 e. The van der Waals surface area contributed by atoms with E-state index in [1.807, 2.05) is 23.9 Å². The molecule has 1 aromatic heterocycles. The van der Waals surface area contributed by atoms with Crippen LogP contribution in [0.4, 0.5) is 4.79 Å². The minimum absolute atomic E-state index is 0.174. The van der Waals surface area contributed by atoms with E-state index in [0.717, 1.165) is 13.0 Å². The molecule has 2 N–H and O–H groups in total. The molecule has 1 fully saturated rings. The number of carboxylic acid groups (broad SMARTS) is 1. The lowest BCUT2D eigenvalue weighted by Crippen LogP contribution is -2.42. The van der Waals surface area contributed by atoms with Crippen molar-refractivity contribution in [1.29, 1.82) is 0 Å². The average molecular weight is 294 g/mol. The Morgan fingerprint density at radius 2 is 2.29 bits per heavy atom. The Bertz CT molecular complexity index is 488. The van der Waals surface area contributed by atoms with Crippen LogP contribution in [0, 0.1) is 5.41 Å². The van der Waals surface area contributed by atoms with Crippen LogP contribution in [-0.2, 0) is 11.3 Å². The molecule has 0 saturated carbocycles. The van der Waals surface area contributed by atoms with E-state index in [2.05, 4.69) is 10.4 Å². The first-order valence-corrected chi connectivity index (χ1v) is 7.31. The minimum atomic E-state index is -0.806. The van der Waals surface area contributed by atoms with Crippen LogP contribution >= 0.6 is 0 Å². The maximum atomic E-state index is 12.0. The van der Waals surface area contributed by atoms with Crippen molar-refractivity contribution >= 4 is 12.0 Å². The quantitative estimate of drug-likeness (QED) is 0.771. The van der Waals surface area contributed by atoms with E-state index in [4.69, 9.17) is 0 Å². The number of likely N-dealkylation sites (tertiary alicyclic amines) is 1. The molecule has 0 aromatic carbocycles. The van der Waals surface area contributed by atoms with E-state index in [0.29, 0.717) is 32.5 Å². The summed E-state index contributed by atoms with van der Waals surface area (Å²) in [5.41, 5.74) is -0.771. The molecule has 0 spiro atoms. The fourth-order valence-electron chi connectivity index (χ4n) is 2.64. The van der Waals surface area contributed by atoms with Gasteiger partial charge in [0.05, 0.1) is 5.41 Å². The van der Waals surface area contributed by atoms with E-state index in [1.165, 1.54) is 0 Å². The molecular formula is C14H22N4O3. The van der Waals surface area contributed by atoms with Crippen molar-refractivity contribution in [3.05, 3.63) is 18.5 Å². The molecule has 0 radical (unpaired) electrons. The molecule has 116 valence electrons. The second kappa shape index (κ2) is 6.60. The molecule has 2 rings (SSSR count). The highest BCUT2D eigenvalue weighted by Crippen LogP contribution is 2.34. The lowest BCUT2D eigenvalue weighted by atomic mass is 9.84. The van der Waals surface area contributed by atoms with Gasteiger partial charge >= 0.3 is 12.0 Å². The zero-order chi connectivity index (χ0) is 15.3. The van der Waals surface area contributed by atoms with Crippen LogP contribution in [0.5, 0.6) is 0 Å². The number of aliphatic carboxylic acids is 1. The van der Waals surface area contributed by atoms with Crippen molar-refractivity contribution < 1.29 is 14.7 Å². The summed E-state index contributed by atoms with van der Waals surface area (Å²) >= 11 is 0. The molecule has 2 heterocycles. The van der Waals surface area contributed by atoms with Crippen molar-refractivity contribution in [3.63, 3.8) is 0 Å². The third-order valence-electron chi connectivity index (χ3n) is 4.17. The molecule has 2 amide bonds. The van der Waals surface area contributed by atoms with Gasteiger partial charge in [0.1, 0.15) is 0 Å². The Labute approximate surface area is 123 Å². The number of carbonyl (C=O) groups is 2. The SMILES string of the molecule is CCC1(C(=O)O)CCN(C(=O)NCCCn2cccn2)C1. The first-order chi connectivity index (χ1) is 10.1. The van der Waals surface area contributed by atoms with E-state index in [1.54, 1.807) is 11.1 Å². The number of aromatic nitrogens is 2. The minimum Gasteiger partial charge on any atom is -0.481 e. The number of hydrogen-bond donors (Lipinski definition) is 2. The molecule has 1 aromatic rings. The molecule has 1 aliphatic rings. The van der Waals surface area contributed by atoms with Gasteiger partial charge in [-0.1, -0.05) is 6.92 Å². The highest BCUT2D eigenvalue weighted by atomic mass is 16.4. The Morgan fingerprint density at radius 3 is 2.86 bits per heavy atom. The molecule has 7 nitrogen and oxygen atoms in total. The van der Waals surface area contributed by atoms with Crippen LogP contribution in [0.2, 0.25) is 0 Å². The maximum Gasteiger partial charge on any atom is 0.317 e. The third-order valence-corrected chi connectivity index (χ3v) is 4.17. The van der Waals surface area contributed by atoms with Gasteiger partial charge in [0.25, 0.3) is 0 Å². The van der Waals surface area contributed by atoms with Gasteiger partial charge in [-0.05, 0) is 25.3 Å². The number of rotatable bonds is 6. The van der Waals surface area contributed by atoms with Crippen molar-refractivity contribution in [2.75, 3.05) is 19.6 Å². The standard InChI is InChI=1S/C14H22N4O3/c1-2-14(12(19)20)5-10-17(11-14)13(21)15-6-3-8-18-9-4-7-16-18/h4,7,9H,2-3,5-6,8,10-11H2,1H3,(H,15,21)(H,19,20). The number of carbonyl (C=O) groups excluding carboxylic acids is 1. The summed E-state index contributed by atoms with van der Waals surface area (Å²) in [6, 6.07) is 1.69. The van der Waals surface area contributed by atoms with Crippen molar-refractivity contribution in [2.45, 2.75) is 32.7 Å². The second-order valence-corrected chi connectivity index (χ2v) is 5.47. The number of hydrogen-bond acceptors (Lipinski definition) is 3. The van der Waals surface area contributed by atoms with E-state index >= 15 is 0 Å². The molecule has 1 saturated heterocycles. The van der Waals surface area contributed by atoms with E-state index in [9.17, 15) is 14.7 Å². The fraction of sp³-hybridized carbons (Fsp3) is 0.643. The van der Waals surface area contributed by atoms with Gasteiger partial charge in [-0.2, -0.15) is 5.10 Å². The summed E-state index contributed by atoms with van der Waals surface area (Å²) in [4.78, 5) is 25.0. The zero-order valence-electron chi connectivity index (χ0n) is 12.3. The predicted octanol–water partition coefficient (Wildman–Crippen LogP) is 1.17. The van der Waals surface area contributed by atoms with Gasteiger partial charge in [-0.3, -0.25) is 9.48 Å². The van der Waals surface area contributed by atoms with Crippen LogP contribution in [0.3, 0.4) is 0 Å². The van der Waals surface area contributed by atoms with Gasteiger partial charge in [-0.25, -0.2) is 4.79 Å². The van der Waals surface area contributed by atoms with Crippen LogP contribution in [0.25, 0.3) is 0 Å². The largest absolute Gasteiger partial charge is 0.481 e. The molecule has 7 heteroatoms. The lowest BCUT2D eigenvalue weighted by Gasteiger charge is -2.23. The van der Waals surface area contributed by atoms with Gasteiger partial charge in [-0.15, -0.1) is 0 Å². The number of aryl methyl sites for hydroxylation is 1. The molecule has 1 atom stereocenters. The summed E-state index contributed by atoms with van der Waals surface area (Å²) in [5.74, 6) is -0.806. The lowest BCUT2D eigenvalue weighted by molar-refractivity contribution is -0.148. The number of urea groups is 1. The van der Waals surface area contributed by atoms with Crippen LogP contribution in [0.1, 0.15) is 26.2 Å². The van der Waals surface area contributed by atoms with Crippen molar-refractivity contribution in [2.24, 2.45) is 5.41 Å². The highest BCUT2D eigenvalue weighted by Gasteiger charge is 2.44. The van der Waals surface area contributed by atoms with Gasteiger partial charge in [0, 0.05) is 38.6 Å². The number of nitrogens with one attached hydrogen (secondary N) is 1. The summed E-state index contributed by atoms with van der Waals surface area (Å²) in [7, 11) is 0. The summed E-state index contributed by atoms with van der Waals surface area (Å²) in [5, 5.41) is 16.2. The zero-order valence-corrected chi connectivity index (χ0v) is 12.3. The van der Waals surface area contributed by atoms with Crippen LogP contribution < -0.4 is 5.32 Å². The van der Waals surface area contributed by atoms with Crippen LogP contribution in [-0.4, -0.2) is 51.4 Å². The van der Waals surface area contributed by atoms with E-state index in [-0.39, 0.29) is 6.03 Å². The third kappa shape index (κ3) is 3.53. The fourth-order valence-corrected chi connectivity index (χ4v) is 2.64. The van der Waals surface area contributed by atoms with Gasteiger partial charge < -0.3 is 15.3 Å². The topological polar surface area (TPSA) is 87.5 Å². The summed E-state index contributed by atoms with van der Waals surface area (Å²) < 4.78 is 1.81. The van der Waals surface area contributed by atoms with Crippen molar-refractivity contribution in [1.82, 2.24) is 20.0 Å². The Hall–Kier alpha value is -2.05. The second-order valence-electron chi connectivity index (χ2n) is 5.47. The summed E-state index contributed by atoms with van der Waals surface area (Å²) in [6.45, 7) is 3.97. The Morgan fingerprint density at radius 1 is 1.48 bits per heavy atom. The number of amides is 2. The Balaban J connectivity index is 1.73. The molecule has 0 bridgehead atoms. The molecule has 21 heavy (non-hydrogen) atoms. The van der Waals surface area contributed by atoms with E-state index < -0.39 is 11.4 Å². The highest BCUT2D eigenvalue weighted by molar-refractivity contribution is 5.79. The van der Waals surface area contributed by atoms with Gasteiger partial charge in [0.2, 0.25) is 0 Å². The predicted molar refractivity (Wildman–Crippen MR) is 76.8 cm³/mol. The number of carboxylic acids is 1. The number of nitrogens with zero attached hydrogens (tertiary/aromatic N) is 3. The van der Waals surface area contributed by atoms with Gasteiger partial charge in [0.15, 0.2) is 0 Å². The molecular weight excluding hydrogens is 272 g/mol. The maximum absolute atomic E-state index is 12.0. The monoisotopic (exact) mass is 294 g/mol.